The molecule has 2 rings (SSSR count). The topological polar surface area (TPSA) is 50.2 Å². The molecular weight excluding hydrogens is 199 g/mol. The SMILES string of the molecule is O=c1[nH]nc2cccc(C(F)(F)F)n12. The number of alkyl halides is 3. The molecule has 0 radical (unpaired) electrons. The molecule has 0 spiro atoms. The summed E-state index contributed by atoms with van der Waals surface area (Å²) in [6.45, 7) is 0. The predicted molar refractivity (Wildman–Crippen MR) is 40.8 cm³/mol. The van der Waals surface area contributed by atoms with E-state index in [1.807, 2.05) is 5.10 Å². The molecule has 4 nitrogen and oxygen atoms in total. The minimum absolute atomic E-state index is 0.0511. The first kappa shape index (κ1) is 8.79. The first-order valence-corrected chi connectivity index (χ1v) is 3.63. The number of rotatable bonds is 0. The van der Waals surface area contributed by atoms with Gasteiger partial charge in [-0.2, -0.15) is 18.3 Å². The summed E-state index contributed by atoms with van der Waals surface area (Å²) in [6, 6.07) is 3.33. The Labute approximate surface area is 75.0 Å². The van der Waals surface area contributed by atoms with Gasteiger partial charge in [0.2, 0.25) is 0 Å². The molecule has 0 amide bonds. The van der Waals surface area contributed by atoms with Gasteiger partial charge in [0.05, 0.1) is 0 Å². The van der Waals surface area contributed by atoms with E-state index < -0.39 is 17.6 Å². The highest BCUT2D eigenvalue weighted by Crippen LogP contribution is 2.28. The van der Waals surface area contributed by atoms with E-state index in [0.29, 0.717) is 4.40 Å². The molecule has 0 bridgehead atoms. The van der Waals surface area contributed by atoms with Crippen LogP contribution in [0.5, 0.6) is 0 Å². The third-order valence-corrected chi connectivity index (χ3v) is 1.73. The first-order chi connectivity index (χ1) is 6.50. The monoisotopic (exact) mass is 203 g/mol. The Bertz CT molecular complexity index is 525. The van der Waals surface area contributed by atoms with E-state index in [0.717, 1.165) is 6.07 Å². The van der Waals surface area contributed by atoms with Gasteiger partial charge >= 0.3 is 11.9 Å². The van der Waals surface area contributed by atoms with Crippen LogP contribution in [-0.2, 0) is 6.18 Å². The van der Waals surface area contributed by atoms with Gasteiger partial charge in [0.15, 0.2) is 5.65 Å². The second-order valence-corrected chi connectivity index (χ2v) is 2.63. The molecule has 0 unspecified atom stereocenters. The summed E-state index contributed by atoms with van der Waals surface area (Å²) in [7, 11) is 0. The molecule has 0 fully saturated rings. The predicted octanol–water partition coefficient (Wildman–Crippen LogP) is 1.04. The Kier molecular flexibility index (Phi) is 1.63. The van der Waals surface area contributed by atoms with Crippen molar-refractivity contribution in [3.8, 4) is 0 Å². The van der Waals surface area contributed by atoms with Crippen LogP contribution in [0.4, 0.5) is 13.2 Å². The number of nitrogens with one attached hydrogen (secondary N) is 1. The molecule has 2 aromatic rings. The van der Waals surface area contributed by atoms with E-state index in [-0.39, 0.29) is 5.65 Å². The number of fused-ring (bicyclic) bond motifs is 1. The van der Waals surface area contributed by atoms with E-state index in [4.69, 9.17) is 0 Å². The van der Waals surface area contributed by atoms with Crippen molar-refractivity contribution in [3.63, 3.8) is 0 Å². The van der Waals surface area contributed by atoms with Gasteiger partial charge in [-0.1, -0.05) is 6.07 Å². The molecule has 7 heteroatoms. The van der Waals surface area contributed by atoms with E-state index in [2.05, 4.69) is 5.10 Å². The summed E-state index contributed by atoms with van der Waals surface area (Å²) in [5, 5.41) is 5.36. The summed E-state index contributed by atoms with van der Waals surface area (Å²) in [5.74, 6) is 0. The Balaban J connectivity index is 2.89. The normalized spacial score (nSPS) is 12.2. The maximum Gasteiger partial charge on any atom is 0.431 e. The summed E-state index contributed by atoms with van der Waals surface area (Å²) in [5.41, 5.74) is -1.98. The van der Waals surface area contributed by atoms with Crippen molar-refractivity contribution in [1.82, 2.24) is 14.6 Å². The number of aromatic nitrogens is 3. The molecule has 2 heterocycles. The maximum absolute atomic E-state index is 12.4. The highest BCUT2D eigenvalue weighted by Gasteiger charge is 2.34. The van der Waals surface area contributed by atoms with Crippen LogP contribution in [0.2, 0.25) is 0 Å². The minimum atomic E-state index is -4.56. The van der Waals surface area contributed by atoms with Crippen molar-refractivity contribution < 1.29 is 13.2 Å². The van der Waals surface area contributed by atoms with E-state index in [9.17, 15) is 18.0 Å². The lowest BCUT2D eigenvalue weighted by Crippen LogP contribution is -2.19. The fourth-order valence-electron chi connectivity index (χ4n) is 1.17. The molecule has 0 aliphatic rings. The molecular formula is C7H4F3N3O. The van der Waals surface area contributed by atoms with Gasteiger partial charge in [0.1, 0.15) is 5.69 Å². The van der Waals surface area contributed by atoms with Gasteiger partial charge < -0.3 is 0 Å². The van der Waals surface area contributed by atoms with Crippen molar-refractivity contribution in [2.45, 2.75) is 6.18 Å². The van der Waals surface area contributed by atoms with Crippen molar-refractivity contribution >= 4 is 5.65 Å². The quantitative estimate of drug-likeness (QED) is 0.695. The lowest BCUT2D eigenvalue weighted by molar-refractivity contribution is -0.142. The largest absolute Gasteiger partial charge is 0.431 e. The van der Waals surface area contributed by atoms with Crippen molar-refractivity contribution in [2.75, 3.05) is 0 Å². The summed E-state index contributed by atoms with van der Waals surface area (Å²) < 4.78 is 37.6. The first-order valence-electron chi connectivity index (χ1n) is 3.63. The Hall–Kier alpha value is -1.79. The molecule has 0 saturated carbocycles. The van der Waals surface area contributed by atoms with Crippen LogP contribution in [0.25, 0.3) is 5.65 Å². The number of nitrogens with zero attached hydrogens (tertiary/aromatic N) is 2. The maximum atomic E-state index is 12.4. The highest BCUT2D eigenvalue weighted by atomic mass is 19.4. The number of halogens is 3. The second kappa shape index (κ2) is 2.60. The number of H-pyrrole nitrogens is 1. The summed E-state index contributed by atoms with van der Waals surface area (Å²) >= 11 is 0. The van der Waals surface area contributed by atoms with Gasteiger partial charge in [-0.3, -0.25) is 0 Å². The Morgan fingerprint density at radius 1 is 1.36 bits per heavy atom. The van der Waals surface area contributed by atoms with Gasteiger partial charge in [-0.25, -0.2) is 14.3 Å². The van der Waals surface area contributed by atoms with Crippen molar-refractivity contribution in [3.05, 3.63) is 34.4 Å². The molecule has 2 aromatic heterocycles. The third-order valence-electron chi connectivity index (χ3n) is 1.73. The number of hydrogen-bond donors (Lipinski definition) is 1. The van der Waals surface area contributed by atoms with Crippen LogP contribution < -0.4 is 5.69 Å². The summed E-state index contributed by atoms with van der Waals surface area (Å²) in [4.78, 5) is 11.0. The zero-order chi connectivity index (χ0) is 10.3. The van der Waals surface area contributed by atoms with Gasteiger partial charge in [0.25, 0.3) is 0 Å². The van der Waals surface area contributed by atoms with Crippen LogP contribution in [-0.4, -0.2) is 14.6 Å². The standard InChI is InChI=1S/C7H4F3N3O/c8-7(9,10)4-2-1-3-5-11-12-6(14)13(4)5/h1-3H,(H,12,14). The Morgan fingerprint density at radius 3 is 2.71 bits per heavy atom. The van der Waals surface area contributed by atoms with Crippen LogP contribution in [0, 0.1) is 0 Å². The lowest BCUT2D eigenvalue weighted by atomic mass is 10.3. The van der Waals surface area contributed by atoms with Gasteiger partial charge in [-0.15, -0.1) is 0 Å². The van der Waals surface area contributed by atoms with Gasteiger partial charge in [0, 0.05) is 0 Å². The van der Waals surface area contributed by atoms with E-state index in [1.165, 1.54) is 12.1 Å². The number of hydrogen-bond acceptors (Lipinski definition) is 2. The molecule has 74 valence electrons. The summed E-state index contributed by atoms with van der Waals surface area (Å²) in [6.07, 6.45) is -4.56. The molecule has 0 aromatic carbocycles. The zero-order valence-corrected chi connectivity index (χ0v) is 6.67. The number of pyridine rings is 1. The third kappa shape index (κ3) is 1.17. The second-order valence-electron chi connectivity index (χ2n) is 2.63. The van der Waals surface area contributed by atoms with E-state index in [1.54, 1.807) is 0 Å². The molecule has 0 aliphatic carbocycles. The smallest absolute Gasteiger partial charge is 0.246 e. The molecule has 1 N–H and O–H groups in total. The van der Waals surface area contributed by atoms with Gasteiger partial charge in [-0.05, 0) is 12.1 Å². The number of aromatic amines is 1. The highest BCUT2D eigenvalue weighted by molar-refractivity contribution is 5.38. The zero-order valence-electron chi connectivity index (χ0n) is 6.67. The average molecular weight is 203 g/mol. The fourth-order valence-corrected chi connectivity index (χ4v) is 1.17. The fraction of sp³-hybridized carbons (Fsp3) is 0.143. The molecule has 0 saturated heterocycles. The molecule has 0 atom stereocenters. The van der Waals surface area contributed by atoms with Crippen molar-refractivity contribution in [2.24, 2.45) is 0 Å². The minimum Gasteiger partial charge on any atom is -0.246 e. The average Bonchev–Trinajstić information content (AvgIpc) is 2.46. The van der Waals surface area contributed by atoms with Crippen LogP contribution in [0.1, 0.15) is 5.69 Å². The van der Waals surface area contributed by atoms with E-state index >= 15 is 0 Å². The molecule has 0 aliphatic heterocycles. The van der Waals surface area contributed by atoms with Crippen LogP contribution >= 0.6 is 0 Å². The Morgan fingerprint density at radius 2 is 2.07 bits per heavy atom. The lowest BCUT2D eigenvalue weighted by Gasteiger charge is -2.06. The van der Waals surface area contributed by atoms with Crippen LogP contribution in [0.3, 0.4) is 0 Å². The van der Waals surface area contributed by atoms with Crippen LogP contribution in [0.15, 0.2) is 23.0 Å². The van der Waals surface area contributed by atoms with Crippen molar-refractivity contribution in [1.29, 1.82) is 0 Å². The molecule has 14 heavy (non-hydrogen) atoms.